The van der Waals surface area contributed by atoms with E-state index < -0.39 is 5.97 Å². The minimum absolute atomic E-state index is 0.00212. The molecule has 4 rings (SSSR count). The number of aromatic carboxylic acids is 1. The Labute approximate surface area is 209 Å². The van der Waals surface area contributed by atoms with Crippen molar-refractivity contribution in [2.45, 2.75) is 97.4 Å². The van der Waals surface area contributed by atoms with Gasteiger partial charge >= 0.3 is 5.97 Å². The number of benzene rings is 1. The molecule has 0 bridgehead atoms. The molecule has 6 nitrogen and oxygen atoms in total. The molecule has 190 valence electrons. The van der Waals surface area contributed by atoms with Crippen LogP contribution >= 0.6 is 0 Å². The summed E-state index contributed by atoms with van der Waals surface area (Å²) < 4.78 is 1.61. The van der Waals surface area contributed by atoms with Gasteiger partial charge in [0.05, 0.1) is 5.69 Å². The summed E-state index contributed by atoms with van der Waals surface area (Å²) >= 11 is 0. The average molecular weight is 480 g/mol. The third kappa shape index (κ3) is 6.14. The molecule has 0 atom stereocenters. The number of amides is 1. The van der Waals surface area contributed by atoms with E-state index in [1.807, 2.05) is 26.0 Å². The van der Waals surface area contributed by atoms with Crippen LogP contribution < -0.4 is 4.90 Å². The molecule has 0 unspecified atom stereocenters. The van der Waals surface area contributed by atoms with Gasteiger partial charge in [-0.2, -0.15) is 0 Å². The molecule has 0 aliphatic heterocycles. The molecule has 2 aliphatic carbocycles. The van der Waals surface area contributed by atoms with E-state index in [0.29, 0.717) is 5.92 Å². The normalized spacial score (nSPS) is 21.3. The monoisotopic (exact) mass is 479 g/mol. The number of aryl methyl sites for hydroxylation is 1. The van der Waals surface area contributed by atoms with Crippen LogP contribution in [-0.2, 0) is 11.2 Å². The second-order valence-electron chi connectivity index (χ2n) is 11.1. The summed E-state index contributed by atoms with van der Waals surface area (Å²) in [5, 5.41) is 14.6. The molecule has 0 radical (unpaired) electrons. The molecule has 1 heterocycles. The minimum Gasteiger partial charge on any atom is -0.477 e. The number of carboxylic acid groups (broad SMARTS) is 1. The summed E-state index contributed by atoms with van der Waals surface area (Å²) in [6.07, 6.45) is 14.5. The molecule has 1 amide bonds. The zero-order valence-corrected chi connectivity index (χ0v) is 21.6. The first-order chi connectivity index (χ1) is 16.8. The average Bonchev–Trinajstić information content (AvgIpc) is 3.29. The molecular formula is C29H41N3O3. The van der Waals surface area contributed by atoms with Crippen LogP contribution in [0.2, 0.25) is 0 Å². The summed E-state index contributed by atoms with van der Waals surface area (Å²) in [5.41, 5.74) is 2.18. The van der Waals surface area contributed by atoms with E-state index >= 15 is 0 Å². The Morgan fingerprint density at radius 3 is 2.29 bits per heavy atom. The Balaban J connectivity index is 1.53. The highest BCUT2D eigenvalue weighted by Gasteiger charge is 2.34. The van der Waals surface area contributed by atoms with Gasteiger partial charge in [-0.15, -0.1) is 5.10 Å². The number of aromatic nitrogens is 2. The van der Waals surface area contributed by atoms with E-state index in [-0.39, 0.29) is 29.2 Å². The van der Waals surface area contributed by atoms with E-state index in [4.69, 9.17) is 0 Å². The lowest BCUT2D eigenvalue weighted by Gasteiger charge is -2.32. The molecule has 0 spiro atoms. The maximum Gasteiger partial charge on any atom is 0.341 e. The molecule has 6 heteroatoms. The number of carbonyl (C=O) groups is 2. The van der Waals surface area contributed by atoms with Crippen LogP contribution in [0.1, 0.15) is 101 Å². The SMILES string of the molecule is CC(C)N(c1nn(-c2ccc(CCC3CCCCC3)cc2)cc1C(=O)O)C(=O)[C@H]1CC[C@H](C)CC1. The quantitative estimate of drug-likeness (QED) is 0.460. The van der Waals surface area contributed by atoms with Crippen LogP contribution in [0.25, 0.3) is 5.69 Å². The van der Waals surface area contributed by atoms with Crippen LogP contribution in [0, 0.1) is 17.8 Å². The van der Waals surface area contributed by atoms with E-state index in [1.165, 1.54) is 44.1 Å². The Morgan fingerprint density at radius 1 is 1.03 bits per heavy atom. The summed E-state index contributed by atoms with van der Waals surface area (Å²) in [5.74, 6) is 0.609. The van der Waals surface area contributed by atoms with Crippen LogP contribution in [-0.4, -0.2) is 32.8 Å². The maximum atomic E-state index is 13.5. The lowest BCUT2D eigenvalue weighted by atomic mass is 9.82. The van der Waals surface area contributed by atoms with Crippen LogP contribution in [0.3, 0.4) is 0 Å². The first-order valence-electron chi connectivity index (χ1n) is 13.6. The lowest BCUT2D eigenvalue weighted by Crippen LogP contribution is -2.43. The Morgan fingerprint density at radius 2 is 1.69 bits per heavy atom. The molecule has 1 N–H and O–H groups in total. The van der Waals surface area contributed by atoms with Gasteiger partial charge < -0.3 is 5.11 Å². The van der Waals surface area contributed by atoms with Gasteiger partial charge in [0, 0.05) is 18.2 Å². The summed E-state index contributed by atoms with van der Waals surface area (Å²) in [4.78, 5) is 27.2. The first-order valence-corrected chi connectivity index (χ1v) is 13.6. The van der Waals surface area contributed by atoms with E-state index in [1.54, 1.807) is 15.8 Å². The Bertz CT molecular complexity index is 997. The van der Waals surface area contributed by atoms with Crippen molar-refractivity contribution in [3.8, 4) is 5.69 Å². The van der Waals surface area contributed by atoms with Gasteiger partial charge in [0.1, 0.15) is 5.56 Å². The van der Waals surface area contributed by atoms with Crippen molar-refractivity contribution in [3.05, 3.63) is 41.6 Å². The van der Waals surface area contributed by atoms with Gasteiger partial charge in [0.25, 0.3) is 0 Å². The molecule has 0 saturated heterocycles. The van der Waals surface area contributed by atoms with Gasteiger partial charge in [-0.05, 0) is 81.9 Å². The zero-order valence-electron chi connectivity index (χ0n) is 21.6. The second kappa shape index (κ2) is 11.4. The number of rotatable bonds is 8. The first kappa shape index (κ1) is 25.5. The van der Waals surface area contributed by atoms with Crippen LogP contribution in [0.4, 0.5) is 5.82 Å². The molecule has 2 aromatic rings. The van der Waals surface area contributed by atoms with Crippen molar-refractivity contribution in [1.29, 1.82) is 0 Å². The van der Waals surface area contributed by atoms with E-state index in [9.17, 15) is 14.7 Å². The number of hydrogen-bond donors (Lipinski definition) is 1. The molecule has 2 fully saturated rings. The fraction of sp³-hybridized carbons (Fsp3) is 0.621. The number of anilines is 1. The van der Waals surface area contributed by atoms with Crippen molar-refractivity contribution in [3.63, 3.8) is 0 Å². The highest BCUT2D eigenvalue weighted by Crippen LogP contribution is 2.33. The minimum atomic E-state index is -1.06. The highest BCUT2D eigenvalue weighted by atomic mass is 16.4. The third-order valence-electron chi connectivity index (χ3n) is 8.04. The molecule has 1 aromatic heterocycles. The second-order valence-corrected chi connectivity index (χ2v) is 11.1. The number of carboxylic acids is 1. The van der Waals surface area contributed by atoms with E-state index in [2.05, 4.69) is 24.2 Å². The van der Waals surface area contributed by atoms with Gasteiger partial charge in [-0.3, -0.25) is 9.69 Å². The topological polar surface area (TPSA) is 75.4 Å². The summed E-state index contributed by atoms with van der Waals surface area (Å²) in [6, 6.07) is 8.07. The molecule has 1 aromatic carbocycles. The van der Waals surface area contributed by atoms with Crippen molar-refractivity contribution < 1.29 is 14.7 Å². The van der Waals surface area contributed by atoms with Crippen molar-refractivity contribution >= 4 is 17.7 Å². The number of nitrogens with zero attached hydrogens (tertiary/aromatic N) is 3. The van der Waals surface area contributed by atoms with Crippen molar-refractivity contribution in [1.82, 2.24) is 9.78 Å². The van der Waals surface area contributed by atoms with Gasteiger partial charge in [0.15, 0.2) is 5.82 Å². The van der Waals surface area contributed by atoms with Gasteiger partial charge in [0.2, 0.25) is 5.91 Å². The van der Waals surface area contributed by atoms with E-state index in [0.717, 1.165) is 43.7 Å². The predicted octanol–water partition coefficient (Wildman–Crippen LogP) is 6.65. The standard InChI is InChI=1S/C29H41N3O3/c1-20(2)32(28(33)24-15-9-21(3)10-16-24)27-26(29(34)35)19-31(30-27)25-17-13-23(14-18-25)12-11-22-7-5-4-6-8-22/h13-14,17-22,24H,4-12,15-16H2,1-3H3,(H,34,35)/t21-,24-. The third-order valence-corrected chi connectivity index (χ3v) is 8.04. The highest BCUT2D eigenvalue weighted by molar-refractivity contribution is 6.01. The molecule has 2 aliphatic rings. The Kier molecular flexibility index (Phi) is 8.30. The fourth-order valence-corrected chi connectivity index (χ4v) is 5.79. The number of hydrogen-bond acceptors (Lipinski definition) is 3. The smallest absolute Gasteiger partial charge is 0.341 e. The molecule has 2 saturated carbocycles. The lowest BCUT2D eigenvalue weighted by molar-refractivity contribution is -0.123. The molecule has 35 heavy (non-hydrogen) atoms. The van der Waals surface area contributed by atoms with Crippen LogP contribution in [0.5, 0.6) is 0 Å². The summed E-state index contributed by atoms with van der Waals surface area (Å²) in [7, 11) is 0. The van der Waals surface area contributed by atoms with Crippen LogP contribution in [0.15, 0.2) is 30.5 Å². The van der Waals surface area contributed by atoms with Crippen molar-refractivity contribution in [2.24, 2.45) is 17.8 Å². The maximum absolute atomic E-state index is 13.5. The summed E-state index contributed by atoms with van der Waals surface area (Å²) in [6.45, 7) is 6.08. The molecular weight excluding hydrogens is 438 g/mol. The Hall–Kier alpha value is -2.63. The zero-order chi connectivity index (χ0) is 24.9. The van der Waals surface area contributed by atoms with Crippen molar-refractivity contribution in [2.75, 3.05) is 4.90 Å². The largest absolute Gasteiger partial charge is 0.477 e. The predicted molar refractivity (Wildman–Crippen MR) is 139 cm³/mol. The van der Waals surface area contributed by atoms with Gasteiger partial charge in [-0.25, -0.2) is 9.48 Å². The van der Waals surface area contributed by atoms with Gasteiger partial charge in [-0.1, -0.05) is 51.2 Å². The number of carbonyl (C=O) groups excluding carboxylic acids is 1. The fourth-order valence-electron chi connectivity index (χ4n) is 5.79.